The van der Waals surface area contributed by atoms with Crippen LogP contribution in [0.15, 0.2) is 203 Å². The molecule has 0 saturated carbocycles. The molecule has 0 radical (unpaired) electrons. The number of nitrogens with two attached hydrogens (primary N) is 1. The molecule has 4 aliphatic rings. The second-order valence-electron chi connectivity index (χ2n) is 20.2. The molecule has 0 fully saturated rings. The monoisotopic (exact) mass is 879 g/mol. The van der Waals surface area contributed by atoms with Crippen molar-refractivity contribution < 1.29 is 4.42 Å². The van der Waals surface area contributed by atoms with E-state index >= 15 is 0 Å². The van der Waals surface area contributed by atoms with Crippen molar-refractivity contribution in [2.45, 2.75) is 63.6 Å². The molecule has 2 unspecified atom stereocenters. The lowest BCUT2D eigenvalue weighted by atomic mass is 9.72. The fraction of sp³-hybridized carbons (Fsp3) is 0.172. The first-order chi connectivity index (χ1) is 33.2. The number of furan rings is 1. The normalized spacial score (nSPS) is 18.2. The van der Waals surface area contributed by atoms with Gasteiger partial charge in [0.05, 0.1) is 0 Å². The highest BCUT2D eigenvalue weighted by molar-refractivity contribution is 6.08. The van der Waals surface area contributed by atoms with Crippen molar-refractivity contribution in [2.75, 3.05) is 0 Å². The Kier molecular flexibility index (Phi) is 9.29. The Labute approximate surface area is 398 Å². The molecule has 330 valence electrons. The minimum Gasteiger partial charge on any atom is -0.456 e. The van der Waals surface area contributed by atoms with Crippen molar-refractivity contribution in [3.8, 4) is 44.5 Å². The molecule has 4 nitrogen and oxygen atoms in total. The zero-order valence-electron chi connectivity index (χ0n) is 38.8. The van der Waals surface area contributed by atoms with Gasteiger partial charge in [0.1, 0.15) is 22.7 Å². The zero-order valence-corrected chi connectivity index (χ0v) is 38.8. The lowest BCUT2D eigenvalue weighted by Crippen LogP contribution is -2.44. The number of hydrogen-bond donors (Lipinski definition) is 2. The first-order valence-corrected chi connectivity index (χ1v) is 24.3. The van der Waals surface area contributed by atoms with E-state index in [1.54, 1.807) is 0 Å². The van der Waals surface area contributed by atoms with Crippen LogP contribution in [0.2, 0.25) is 0 Å². The number of fused-ring (bicyclic) bond motifs is 12. The Hall–Kier alpha value is -7.53. The lowest BCUT2D eigenvalue weighted by Gasteiger charge is -2.35. The van der Waals surface area contributed by atoms with Crippen LogP contribution >= 0.6 is 0 Å². The molecule has 0 bridgehead atoms. The lowest BCUT2D eigenvalue weighted by molar-refractivity contribution is 0.362. The van der Waals surface area contributed by atoms with Crippen molar-refractivity contribution in [1.29, 1.82) is 0 Å². The molecule has 8 aromatic carbocycles. The third kappa shape index (κ3) is 6.65. The molecular weight excluding hydrogens is 827 g/mol. The Morgan fingerprint density at radius 2 is 1.38 bits per heavy atom. The van der Waals surface area contributed by atoms with Gasteiger partial charge in [-0.15, -0.1) is 0 Å². The van der Waals surface area contributed by atoms with Crippen LogP contribution in [0.1, 0.15) is 77.6 Å². The van der Waals surface area contributed by atoms with Crippen molar-refractivity contribution in [3.63, 3.8) is 0 Å². The number of nitrogens with zero attached hydrogens (tertiary/aromatic N) is 1. The third-order valence-corrected chi connectivity index (χ3v) is 15.6. The van der Waals surface area contributed by atoms with Crippen LogP contribution in [0, 0.1) is 5.92 Å². The fourth-order valence-electron chi connectivity index (χ4n) is 11.9. The number of rotatable bonds is 7. The summed E-state index contributed by atoms with van der Waals surface area (Å²) in [5.74, 6) is 1.04. The summed E-state index contributed by atoms with van der Waals surface area (Å²) >= 11 is 0. The van der Waals surface area contributed by atoms with Crippen molar-refractivity contribution in [3.05, 3.63) is 238 Å². The van der Waals surface area contributed by atoms with Crippen molar-refractivity contribution >= 4 is 27.8 Å². The van der Waals surface area contributed by atoms with Gasteiger partial charge in [-0.1, -0.05) is 166 Å². The van der Waals surface area contributed by atoms with Gasteiger partial charge in [0.25, 0.3) is 0 Å². The maximum absolute atomic E-state index is 7.42. The van der Waals surface area contributed by atoms with Gasteiger partial charge < -0.3 is 15.5 Å². The smallest absolute Gasteiger partial charge is 0.135 e. The molecule has 0 aliphatic heterocycles. The number of para-hydroxylation sites is 1. The van der Waals surface area contributed by atoms with E-state index in [-0.39, 0.29) is 17.3 Å². The summed E-state index contributed by atoms with van der Waals surface area (Å²) in [4.78, 5) is 5.45. The summed E-state index contributed by atoms with van der Waals surface area (Å²) in [7, 11) is 0. The van der Waals surface area contributed by atoms with Crippen LogP contribution in [0.3, 0.4) is 0 Å². The van der Waals surface area contributed by atoms with Crippen LogP contribution in [-0.2, 0) is 24.8 Å². The van der Waals surface area contributed by atoms with Gasteiger partial charge in [0, 0.05) is 40.1 Å². The maximum atomic E-state index is 7.42. The van der Waals surface area contributed by atoms with E-state index in [1.807, 2.05) is 6.07 Å². The van der Waals surface area contributed by atoms with Gasteiger partial charge in [0.2, 0.25) is 0 Å². The van der Waals surface area contributed by atoms with E-state index in [0.717, 1.165) is 41.8 Å². The molecule has 68 heavy (non-hydrogen) atoms. The molecular formula is C64H53N3O. The SMILES string of the molecule is CC1(C)c2cc(-c3ccc4c(c3)-c3ccccc3C(C3=CC([C@@](C)(N)/N=C(\NCc5ccccc5)c5ccc6c(c5)Cc5ccccc5-6)CC=C3)C4)ccc2-c2cc3c(cc21)oc1ccccc13. The van der Waals surface area contributed by atoms with Gasteiger partial charge in [-0.25, -0.2) is 4.99 Å². The highest BCUT2D eigenvalue weighted by Gasteiger charge is 2.38. The molecule has 1 aromatic heterocycles. The van der Waals surface area contributed by atoms with E-state index in [2.05, 4.69) is 208 Å². The van der Waals surface area contributed by atoms with E-state index in [9.17, 15) is 0 Å². The van der Waals surface area contributed by atoms with E-state index in [1.165, 1.54) is 99.8 Å². The summed E-state index contributed by atoms with van der Waals surface area (Å²) in [6.07, 6.45) is 9.76. The fourth-order valence-corrected chi connectivity index (χ4v) is 11.9. The number of hydrogen-bond acceptors (Lipinski definition) is 3. The van der Waals surface area contributed by atoms with Gasteiger partial charge in [0.15, 0.2) is 0 Å². The first-order valence-electron chi connectivity index (χ1n) is 24.3. The number of benzene rings is 8. The summed E-state index contributed by atoms with van der Waals surface area (Å²) in [6, 6.07) is 62.3. The molecule has 9 aromatic rings. The van der Waals surface area contributed by atoms with E-state index in [0.29, 0.717) is 6.54 Å². The summed E-state index contributed by atoms with van der Waals surface area (Å²) in [5, 5.41) is 6.08. The van der Waals surface area contributed by atoms with E-state index in [4.69, 9.17) is 15.1 Å². The Morgan fingerprint density at radius 3 is 2.28 bits per heavy atom. The average molecular weight is 880 g/mol. The van der Waals surface area contributed by atoms with Crippen molar-refractivity contribution in [2.24, 2.45) is 16.6 Å². The second kappa shape index (κ2) is 15.5. The Balaban J connectivity index is 0.808. The molecule has 4 heteroatoms. The molecule has 0 saturated heterocycles. The predicted octanol–water partition coefficient (Wildman–Crippen LogP) is 14.9. The largest absolute Gasteiger partial charge is 0.456 e. The quantitative estimate of drug-likeness (QED) is 0.124. The molecule has 4 aliphatic carbocycles. The maximum Gasteiger partial charge on any atom is 0.135 e. The van der Waals surface area contributed by atoms with Crippen LogP contribution in [0.4, 0.5) is 0 Å². The van der Waals surface area contributed by atoms with Gasteiger partial charge in [-0.3, -0.25) is 0 Å². The summed E-state index contributed by atoms with van der Waals surface area (Å²) in [5.41, 5.74) is 30.3. The topological polar surface area (TPSA) is 63.5 Å². The van der Waals surface area contributed by atoms with Crippen LogP contribution < -0.4 is 11.1 Å². The van der Waals surface area contributed by atoms with Crippen molar-refractivity contribution in [1.82, 2.24) is 5.32 Å². The van der Waals surface area contributed by atoms with Crippen LogP contribution in [-0.4, -0.2) is 11.5 Å². The molecule has 0 amide bonds. The van der Waals surface area contributed by atoms with Gasteiger partial charge in [-0.05, 0) is 152 Å². The average Bonchev–Trinajstić information content (AvgIpc) is 4.01. The minimum absolute atomic E-state index is 0.00480. The highest BCUT2D eigenvalue weighted by atomic mass is 16.3. The Bertz CT molecular complexity index is 3620. The highest BCUT2D eigenvalue weighted by Crippen LogP contribution is 2.52. The number of aliphatic imine (C=N–C) groups is 1. The number of amidine groups is 1. The predicted molar refractivity (Wildman–Crippen MR) is 281 cm³/mol. The number of nitrogens with one attached hydrogen (secondary N) is 1. The summed E-state index contributed by atoms with van der Waals surface area (Å²) in [6.45, 7) is 7.47. The molecule has 3 N–H and O–H groups in total. The molecule has 0 spiro atoms. The summed E-state index contributed by atoms with van der Waals surface area (Å²) < 4.78 is 6.36. The Morgan fingerprint density at radius 1 is 0.647 bits per heavy atom. The van der Waals surface area contributed by atoms with Gasteiger partial charge in [-0.2, -0.15) is 0 Å². The zero-order chi connectivity index (χ0) is 45.7. The molecule has 13 rings (SSSR count). The first kappa shape index (κ1) is 40.7. The third-order valence-electron chi connectivity index (χ3n) is 15.6. The molecule has 3 atom stereocenters. The number of allylic oxidation sites excluding steroid dienone is 3. The van der Waals surface area contributed by atoms with Crippen LogP contribution in [0.25, 0.3) is 66.4 Å². The standard InChI is InChI=1S/C64H53N3O/c1-63(2)58-35-41(26-29-52(58)56-36-57-53-22-11-12-23-60(53)68-61(57)37-59(56)63)40-24-25-44-34-55(51-21-10-9-20-50(51)54(44)33-40)43-17-13-18-47(32-43)64(3,65)67-62(66-38-39-14-5-4-6-15-39)45-27-28-49-46(31-45)30-42-16-7-8-19-48(42)49/h4-17,19-29,31-33,35-37,47,55H,18,30,34,38,65H2,1-3H3,(H,66,67)/t47?,55?,64-/m0/s1. The molecule has 1 heterocycles. The van der Waals surface area contributed by atoms with Gasteiger partial charge >= 0.3 is 0 Å². The van der Waals surface area contributed by atoms with E-state index < -0.39 is 5.66 Å². The second-order valence-corrected chi connectivity index (χ2v) is 20.2. The van der Waals surface area contributed by atoms with Crippen LogP contribution in [0.5, 0.6) is 0 Å². The minimum atomic E-state index is -0.872.